The van der Waals surface area contributed by atoms with E-state index in [0.29, 0.717) is 25.9 Å². The van der Waals surface area contributed by atoms with Crippen molar-refractivity contribution in [2.24, 2.45) is 5.41 Å². The predicted octanol–water partition coefficient (Wildman–Crippen LogP) is 3.23. The summed E-state index contributed by atoms with van der Waals surface area (Å²) in [4.78, 5) is 28.5. The molecule has 1 aliphatic carbocycles. The molecule has 0 atom stereocenters. The standard InChI is InChI=1S/C23H25N3O2/c1-16-6-8-17(9-7-16)14-26-22(28)23(11-12-23)21(27)24-13-10-18-15-25-20-5-3-2-4-19(18)20/h2-9,15,25H,10-14H2,1H3,(H,24,27)(H,26,28). The van der Waals surface area contributed by atoms with Crippen molar-refractivity contribution in [1.29, 1.82) is 0 Å². The largest absolute Gasteiger partial charge is 0.361 e. The van der Waals surface area contributed by atoms with Crippen LogP contribution in [0.3, 0.4) is 0 Å². The normalized spacial score (nSPS) is 14.6. The van der Waals surface area contributed by atoms with Crippen molar-refractivity contribution < 1.29 is 9.59 Å². The summed E-state index contributed by atoms with van der Waals surface area (Å²) in [5.74, 6) is -0.327. The van der Waals surface area contributed by atoms with Crippen molar-refractivity contribution in [2.75, 3.05) is 6.54 Å². The summed E-state index contributed by atoms with van der Waals surface area (Å²) in [5.41, 5.74) is 3.60. The summed E-state index contributed by atoms with van der Waals surface area (Å²) >= 11 is 0. The van der Waals surface area contributed by atoms with Crippen molar-refractivity contribution in [3.8, 4) is 0 Å². The average Bonchev–Trinajstić information content (AvgIpc) is 3.43. The maximum absolute atomic E-state index is 12.6. The number of aryl methyl sites for hydroxylation is 1. The molecular formula is C23H25N3O2. The van der Waals surface area contributed by atoms with Crippen LogP contribution in [-0.4, -0.2) is 23.3 Å². The van der Waals surface area contributed by atoms with Gasteiger partial charge in [0.1, 0.15) is 5.41 Å². The molecule has 5 heteroatoms. The van der Waals surface area contributed by atoms with Crippen LogP contribution in [0.15, 0.2) is 54.7 Å². The van der Waals surface area contributed by atoms with Crippen molar-refractivity contribution in [2.45, 2.75) is 32.7 Å². The van der Waals surface area contributed by atoms with E-state index in [1.807, 2.05) is 55.6 Å². The number of aromatic nitrogens is 1. The molecular weight excluding hydrogens is 350 g/mol. The smallest absolute Gasteiger partial charge is 0.235 e. The highest BCUT2D eigenvalue weighted by Crippen LogP contribution is 2.46. The Bertz CT molecular complexity index is 1000. The molecule has 0 aliphatic heterocycles. The fourth-order valence-corrected chi connectivity index (χ4v) is 3.56. The van der Waals surface area contributed by atoms with Crippen LogP contribution in [0.5, 0.6) is 0 Å². The van der Waals surface area contributed by atoms with Crippen molar-refractivity contribution >= 4 is 22.7 Å². The molecule has 0 bridgehead atoms. The van der Waals surface area contributed by atoms with E-state index in [4.69, 9.17) is 0 Å². The van der Waals surface area contributed by atoms with E-state index >= 15 is 0 Å². The van der Waals surface area contributed by atoms with Crippen molar-refractivity contribution in [1.82, 2.24) is 15.6 Å². The second kappa shape index (κ2) is 7.50. The Hall–Kier alpha value is -3.08. The third-order valence-corrected chi connectivity index (χ3v) is 5.55. The Morgan fingerprint density at radius 1 is 1.00 bits per heavy atom. The second-order valence-corrected chi connectivity index (χ2v) is 7.62. The maximum atomic E-state index is 12.6. The Morgan fingerprint density at radius 2 is 1.71 bits per heavy atom. The summed E-state index contributed by atoms with van der Waals surface area (Å²) in [7, 11) is 0. The van der Waals surface area contributed by atoms with E-state index in [1.54, 1.807) is 0 Å². The first-order chi connectivity index (χ1) is 13.6. The van der Waals surface area contributed by atoms with Gasteiger partial charge in [-0.05, 0) is 43.4 Å². The topological polar surface area (TPSA) is 74.0 Å². The zero-order valence-electron chi connectivity index (χ0n) is 16.0. The average molecular weight is 375 g/mol. The lowest BCUT2D eigenvalue weighted by molar-refractivity contribution is -0.137. The number of H-pyrrole nitrogens is 1. The van der Waals surface area contributed by atoms with Crippen molar-refractivity contribution in [3.05, 3.63) is 71.4 Å². The molecule has 0 spiro atoms. The molecule has 1 aliphatic rings. The Labute approximate surface area is 164 Å². The number of aromatic amines is 1. The lowest BCUT2D eigenvalue weighted by Crippen LogP contribution is -2.43. The van der Waals surface area contributed by atoms with Crippen LogP contribution in [0.1, 0.15) is 29.5 Å². The monoisotopic (exact) mass is 375 g/mol. The molecule has 0 unspecified atom stereocenters. The molecule has 3 N–H and O–H groups in total. The summed E-state index contributed by atoms with van der Waals surface area (Å²) in [5, 5.41) is 7.06. The number of benzene rings is 2. The fraction of sp³-hybridized carbons (Fsp3) is 0.304. The first kappa shape index (κ1) is 18.3. The van der Waals surface area contributed by atoms with E-state index < -0.39 is 5.41 Å². The Morgan fingerprint density at radius 3 is 2.46 bits per heavy atom. The Kier molecular flexibility index (Phi) is 4.90. The SMILES string of the molecule is Cc1ccc(CNC(=O)C2(C(=O)NCCc3c[nH]c4ccccc34)CC2)cc1. The molecule has 5 nitrogen and oxygen atoms in total. The molecule has 0 radical (unpaired) electrons. The number of carbonyl (C=O) groups excluding carboxylic acids is 2. The van der Waals surface area contributed by atoms with Crippen LogP contribution >= 0.6 is 0 Å². The molecule has 1 saturated carbocycles. The molecule has 144 valence electrons. The van der Waals surface area contributed by atoms with Crippen LogP contribution in [0, 0.1) is 12.3 Å². The van der Waals surface area contributed by atoms with Gasteiger partial charge in [0, 0.05) is 30.2 Å². The molecule has 4 rings (SSSR count). The number of nitrogens with one attached hydrogen (secondary N) is 3. The number of hydrogen-bond donors (Lipinski definition) is 3. The van der Waals surface area contributed by atoms with Gasteiger partial charge in [-0.2, -0.15) is 0 Å². The first-order valence-corrected chi connectivity index (χ1v) is 9.76. The molecule has 0 saturated heterocycles. The number of fused-ring (bicyclic) bond motifs is 1. The summed E-state index contributed by atoms with van der Waals surface area (Å²) < 4.78 is 0. The lowest BCUT2D eigenvalue weighted by atomic mass is 10.0. The number of para-hydroxylation sites is 1. The van der Waals surface area contributed by atoms with Crippen LogP contribution in [-0.2, 0) is 22.6 Å². The highest BCUT2D eigenvalue weighted by atomic mass is 16.2. The number of rotatable bonds is 7. The van der Waals surface area contributed by atoms with Gasteiger partial charge < -0.3 is 15.6 Å². The second-order valence-electron chi connectivity index (χ2n) is 7.62. The zero-order chi connectivity index (χ0) is 19.6. The van der Waals surface area contributed by atoms with Gasteiger partial charge in [0.25, 0.3) is 0 Å². The van der Waals surface area contributed by atoms with Crippen molar-refractivity contribution in [3.63, 3.8) is 0 Å². The number of hydrogen-bond acceptors (Lipinski definition) is 2. The van der Waals surface area contributed by atoms with Crippen LogP contribution in [0.4, 0.5) is 0 Å². The van der Waals surface area contributed by atoms with E-state index in [2.05, 4.69) is 21.7 Å². The number of amides is 2. The molecule has 1 aromatic heterocycles. The van der Waals surface area contributed by atoms with Crippen LogP contribution < -0.4 is 10.6 Å². The van der Waals surface area contributed by atoms with Gasteiger partial charge in [-0.25, -0.2) is 0 Å². The number of carbonyl (C=O) groups is 2. The van der Waals surface area contributed by atoms with Gasteiger partial charge in [-0.3, -0.25) is 9.59 Å². The molecule has 1 heterocycles. The third kappa shape index (κ3) is 3.65. The van der Waals surface area contributed by atoms with Gasteiger partial charge in [0.05, 0.1) is 0 Å². The lowest BCUT2D eigenvalue weighted by Gasteiger charge is -2.15. The minimum absolute atomic E-state index is 0.159. The quantitative estimate of drug-likeness (QED) is 0.555. The first-order valence-electron chi connectivity index (χ1n) is 9.76. The van der Waals surface area contributed by atoms with E-state index in [9.17, 15) is 9.59 Å². The predicted molar refractivity (Wildman–Crippen MR) is 110 cm³/mol. The van der Waals surface area contributed by atoms with E-state index in [1.165, 1.54) is 16.5 Å². The van der Waals surface area contributed by atoms with Crippen LogP contribution in [0.25, 0.3) is 10.9 Å². The highest BCUT2D eigenvalue weighted by molar-refractivity contribution is 6.07. The summed E-state index contributed by atoms with van der Waals surface area (Å²) in [6.07, 6.45) is 3.95. The van der Waals surface area contributed by atoms with Gasteiger partial charge in [0.2, 0.25) is 11.8 Å². The third-order valence-electron chi connectivity index (χ3n) is 5.55. The fourth-order valence-electron chi connectivity index (χ4n) is 3.56. The highest BCUT2D eigenvalue weighted by Gasteiger charge is 2.56. The minimum Gasteiger partial charge on any atom is -0.361 e. The molecule has 28 heavy (non-hydrogen) atoms. The van der Waals surface area contributed by atoms with Gasteiger partial charge >= 0.3 is 0 Å². The summed E-state index contributed by atoms with van der Waals surface area (Å²) in [6.45, 7) is 3.00. The zero-order valence-corrected chi connectivity index (χ0v) is 16.0. The molecule has 2 amide bonds. The van der Waals surface area contributed by atoms with E-state index in [0.717, 1.165) is 17.5 Å². The van der Waals surface area contributed by atoms with Crippen LogP contribution in [0.2, 0.25) is 0 Å². The Balaban J connectivity index is 1.30. The molecule has 1 fully saturated rings. The maximum Gasteiger partial charge on any atom is 0.235 e. The van der Waals surface area contributed by atoms with Gasteiger partial charge in [-0.1, -0.05) is 48.0 Å². The van der Waals surface area contributed by atoms with Gasteiger partial charge in [0.15, 0.2) is 0 Å². The molecule has 3 aromatic rings. The molecule has 2 aromatic carbocycles. The van der Waals surface area contributed by atoms with E-state index in [-0.39, 0.29) is 11.8 Å². The minimum atomic E-state index is -0.884. The van der Waals surface area contributed by atoms with Gasteiger partial charge in [-0.15, -0.1) is 0 Å². The summed E-state index contributed by atoms with van der Waals surface area (Å²) in [6, 6.07) is 16.1.